The molecule has 7 nitrogen and oxygen atoms in total. The maximum Gasteiger partial charge on any atom is 0.407 e. The molecular formula is C21H22N4O3. The molecule has 2 N–H and O–H groups in total. The van der Waals surface area contributed by atoms with Gasteiger partial charge in [-0.25, -0.2) is 14.8 Å². The van der Waals surface area contributed by atoms with Gasteiger partial charge in [-0.05, 0) is 37.3 Å². The average Bonchev–Trinajstić information content (AvgIpc) is 3.22. The van der Waals surface area contributed by atoms with Crippen LogP contribution in [0.4, 0.5) is 4.79 Å². The maximum atomic E-state index is 12.9. The van der Waals surface area contributed by atoms with E-state index in [1.165, 1.54) is 6.33 Å². The molecule has 1 saturated carbocycles. The molecule has 0 saturated heterocycles. The summed E-state index contributed by atoms with van der Waals surface area (Å²) in [5, 5.41) is 3.67. The van der Waals surface area contributed by atoms with E-state index in [0.29, 0.717) is 11.3 Å². The van der Waals surface area contributed by atoms with E-state index in [1.807, 2.05) is 36.4 Å². The molecule has 4 rings (SSSR count). The van der Waals surface area contributed by atoms with Crippen LogP contribution in [0.25, 0.3) is 11.0 Å². The Balaban J connectivity index is 1.28. The number of carbonyl (C=O) groups is 2. The third-order valence-electron chi connectivity index (χ3n) is 5.22. The number of hydrogen-bond donors (Lipinski definition) is 2. The normalized spacial score (nSPS) is 19.3. The molecule has 2 aromatic heterocycles. The topological polar surface area (TPSA) is 97.0 Å². The number of aromatic amines is 1. The molecule has 2 heterocycles. The van der Waals surface area contributed by atoms with E-state index in [9.17, 15) is 9.59 Å². The molecule has 1 aromatic carbocycles. The number of alkyl carbamates (subject to hydrolysis) is 1. The van der Waals surface area contributed by atoms with Crippen molar-refractivity contribution in [3.8, 4) is 0 Å². The second-order valence-corrected chi connectivity index (χ2v) is 7.08. The molecule has 144 valence electrons. The van der Waals surface area contributed by atoms with Crippen LogP contribution in [0, 0.1) is 5.92 Å². The lowest BCUT2D eigenvalue weighted by Crippen LogP contribution is -2.39. The van der Waals surface area contributed by atoms with Gasteiger partial charge in [-0.3, -0.25) is 4.79 Å². The Morgan fingerprint density at radius 3 is 2.64 bits per heavy atom. The fraction of sp³-hybridized carbons (Fsp3) is 0.333. The summed E-state index contributed by atoms with van der Waals surface area (Å²) in [6.45, 7) is 0.251. The van der Waals surface area contributed by atoms with Crippen LogP contribution in [0.1, 0.15) is 41.7 Å². The zero-order chi connectivity index (χ0) is 19.3. The predicted molar refractivity (Wildman–Crippen MR) is 104 cm³/mol. The number of Topliss-reactive ketones (excluding diaryl/α,β-unsaturated/α-hetero) is 1. The van der Waals surface area contributed by atoms with Gasteiger partial charge >= 0.3 is 6.09 Å². The van der Waals surface area contributed by atoms with Crippen molar-refractivity contribution in [2.75, 3.05) is 0 Å². The molecular weight excluding hydrogens is 356 g/mol. The lowest BCUT2D eigenvalue weighted by Gasteiger charge is -2.27. The van der Waals surface area contributed by atoms with E-state index in [4.69, 9.17) is 4.74 Å². The summed E-state index contributed by atoms with van der Waals surface area (Å²) >= 11 is 0. The molecule has 1 fully saturated rings. The van der Waals surface area contributed by atoms with Crippen LogP contribution in [0.15, 0.2) is 48.9 Å². The number of benzene rings is 1. The number of nitrogens with one attached hydrogen (secondary N) is 2. The minimum Gasteiger partial charge on any atom is -0.445 e. The van der Waals surface area contributed by atoms with Crippen molar-refractivity contribution in [2.45, 2.75) is 38.3 Å². The zero-order valence-electron chi connectivity index (χ0n) is 15.4. The minimum absolute atomic E-state index is 0.0324. The summed E-state index contributed by atoms with van der Waals surface area (Å²) in [6, 6.07) is 11.4. The first-order chi connectivity index (χ1) is 13.7. The van der Waals surface area contributed by atoms with E-state index in [0.717, 1.165) is 36.6 Å². The first-order valence-electron chi connectivity index (χ1n) is 9.50. The number of ketones is 1. The van der Waals surface area contributed by atoms with E-state index >= 15 is 0 Å². The van der Waals surface area contributed by atoms with Crippen LogP contribution in [-0.4, -0.2) is 32.9 Å². The Hall–Kier alpha value is -3.22. The van der Waals surface area contributed by atoms with Crippen molar-refractivity contribution in [3.05, 3.63) is 60.2 Å². The van der Waals surface area contributed by atoms with E-state index in [-0.39, 0.29) is 24.3 Å². The lowest BCUT2D eigenvalue weighted by molar-refractivity contribution is 0.0872. The van der Waals surface area contributed by atoms with Gasteiger partial charge < -0.3 is 15.0 Å². The first-order valence-corrected chi connectivity index (χ1v) is 9.50. The molecule has 1 aliphatic rings. The summed E-state index contributed by atoms with van der Waals surface area (Å²) in [5.41, 5.74) is 2.10. The standard InChI is InChI=1S/C21H22N4O3/c26-19(18-17-10-11-22-20(17)24-13-23-18)15-6-8-16(9-7-15)25-21(27)28-12-14-4-2-1-3-5-14/h1-5,10-11,13,15-16H,6-9,12H2,(H,25,27)(H,22,23,24)/t15-,16-. The number of carbonyl (C=O) groups excluding carboxylic acids is 2. The number of rotatable bonds is 5. The van der Waals surface area contributed by atoms with Gasteiger partial charge in [0.1, 0.15) is 24.3 Å². The number of H-pyrrole nitrogens is 1. The molecule has 7 heteroatoms. The molecule has 0 aliphatic heterocycles. The van der Waals surface area contributed by atoms with Crippen LogP contribution in [-0.2, 0) is 11.3 Å². The second kappa shape index (κ2) is 8.21. The highest BCUT2D eigenvalue weighted by Crippen LogP contribution is 2.28. The molecule has 0 atom stereocenters. The number of amides is 1. The number of ether oxygens (including phenoxy) is 1. The number of aromatic nitrogens is 3. The number of nitrogens with zero attached hydrogens (tertiary/aromatic N) is 2. The number of fused-ring (bicyclic) bond motifs is 1. The third kappa shape index (κ3) is 4.03. The van der Waals surface area contributed by atoms with Crippen LogP contribution in [0.3, 0.4) is 0 Å². The van der Waals surface area contributed by atoms with Gasteiger partial charge in [-0.2, -0.15) is 0 Å². The van der Waals surface area contributed by atoms with Gasteiger partial charge in [0.15, 0.2) is 5.78 Å². The Morgan fingerprint density at radius 2 is 1.86 bits per heavy atom. The molecule has 0 unspecified atom stereocenters. The van der Waals surface area contributed by atoms with E-state index in [2.05, 4.69) is 20.3 Å². The quantitative estimate of drug-likeness (QED) is 0.661. The van der Waals surface area contributed by atoms with Crippen molar-refractivity contribution >= 4 is 22.9 Å². The smallest absolute Gasteiger partial charge is 0.407 e. The predicted octanol–water partition coefficient (Wildman–Crippen LogP) is 3.63. The molecule has 1 aliphatic carbocycles. The summed E-state index contributed by atoms with van der Waals surface area (Å²) in [6.07, 6.45) is 5.70. The van der Waals surface area contributed by atoms with Crippen molar-refractivity contribution < 1.29 is 14.3 Å². The fourth-order valence-corrected chi connectivity index (χ4v) is 3.69. The van der Waals surface area contributed by atoms with Gasteiger partial charge in [-0.1, -0.05) is 30.3 Å². The Bertz CT molecular complexity index is 962. The van der Waals surface area contributed by atoms with Crippen LogP contribution in [0.5, 0.6) is 0 Å². The van der Waals surface area contributed by atoms with Gasteiger partial charge in [-0.15, -0.1) is 0 Å². The van der Waals surface area contributed by atoms with Crippen LogP contribution in [0.2, 0.25) is 0 Å². The minimum atomic E-state index is -0.413. The average molecular weight is 378 g/mol. The van der Waals surface area contributed by atoms with Gasteiger partial charge in [0, 0.05) is 23.5 Å². The highest BCUT2D eigenvalue weighted by molar-refractivity contribution is 6.06. The molecule has 3 aromatic rings. The zero-order valence-corrected chi connectivity index (χ0v) is 15.4. The Labute approximate surface area is 162 Å². The van der Waals surface area contributed by atoms with Crippen molar-refractivity contribution in [1.82, 2.24) is 20.3 Å². The summed E-state index contributed by atoms with van der Waals surface area (Å²) in [7, 11) is 0. The Morgan fingerprint density at radius 1 is 1.07 bits per heavy atom. The monoisotopic (exact) mass is 378 g/mol. The molecule has 0 radical (unpaired) electrons. The molecule has 1 amide bonds. The highest BCUT2D eigenvalue weighted by atomic mass is 16.5. The molecule has 28 heavy (non-hydrogen) atoms. The van der Waals surface area contributed by atoms with Gasteiger partial charge in [0.05, 0.1) is 0 Å². The van der Waals surface area contributed by atoms with E-state index in [1.54, 1.807) is 6.20 Å². The SMILES string of the molecule is O=C(N[C@H]1CC[C@H](C(=O)c2ncnc3[nH]ccc23)CC1)OCc1ccccc1. The summed E-state index contributed by atoms with van der Waals surface area (Å²) in [5.74, 6) is -0.0245. The largest absolute Gasteiger partial charge is 0.445 e. The molecule has 0 spiro atoms. The number of hydrogen-bond acceptors (Lipinski definition) is 5. The molecule has 0 bridgehead atoms. The van der Waals surface area contributed by atoms with Crippen molar-refractivity contribution in [3.63, 3.8) is 0 Å². The maximum absolute atomic E-state index is 12.9. The van der Waals surface area contributed by atoms with E-state index < -0.39 is 6.09 Å². The van der Waals surface area contributed by atoms with Crippen LogP contribution >= 0.6 is 0 Å². The highest BCUT2D eigenvalue weighted by Gasteiger charge is 2.29. The summed E-state index contributed by atoms with van der Waals surface area (Å²) in [4.78, 5) is 36.2. The van der Waals surface area contributed by atoms with Crippen molar-refractivity contribution in [2.24, 2.45) is 5.92 Å². The lowest BCUT2D eigenvalue weighted by atomic mass is 9.82. The fourth-order valence-electron chi connectivity index (χ4n) is 3.69. The third-order valence-corrected chi connectivity index (χ3v) is 5.22. The van der Waals surface area contributed by atoms with Crippen molar-refractivity contribution in [1.29, 1.82) is 0 Å². The second-order valence-electron chi connectivity index (χ2n) is 7.08. The van der Waals surface area contributed by atoms with Gasteiger partial charge in [0.2, 0.25) is 0 Å². The van der Waals surface area contributed by atoms with Gasteiger partial charge in [0.25, 0.3) is 0 Å². The summed E-state index contributed by atoms with van der Waals surface area (Å²) < 4.78 is 5.28. The van der Waals surface area contributed by atoms with Crippen LogP contribution < -0.4 is 5.32 Å². The Kier molecular flexibility index (Phi) is 5.32. The first kappa shape index (κ1) is 18.2.